The number of aromatic nitrogens is 2. The zero-order chi connectivity index (χ0) is 19.5. The molecule has 1 aliphatic carbocycles. The molecule has 2 N–H and O–H groups in total. The Labute approximate surface area is 166 Å². The number of aromatic hydroxyl groups is 1. The van der Waals surface area contributed by atoms with Gasteiger partial charge < -0.3 is 10.4 Å². The first-order valence-corrected chi connectivity index (χ1v) is 10.1. The maximum absolute atomic E-state index is 11.0. The lowest BCUT2D eigenvalue weighted by atomic mass is 9.88. The van der Waals surface area contributed by atoms with Crippen molar-refractivity contribution in [3.8, 4) is 17.0 Å². The third kappa shape index (κ3) is 4.01. The highest BCUT2D eigenvalue weighted by Crippen LogP contribution is 2.38. The highest BCUT2D eigenvalue weighted by atomic mass is 16.3. The van der Waals surface area contributed by atoms with Gasteiger partial charge in [-0.15, -0.1) is 0 Å². The Hall–Kier alpha value is -2.88. The van der Waals surface area contributed by atoms with Crippen molar-refractivity contribution in [3.63, 3.8) is 0 Å². The lowest BCUT2D eigenvalue weighted by Gasteiger charge is -2.22. The van der Waals surface area contributed by atoms with Gasteiger partial charge in [0.15, 0.2) is 11.6 Å². The van der Waals surface area contributed by atoms with E-state index in [2.05, 4.69) is 19.2 Å². The van der Waals surface area contributed by atoms with Gasteiger partial charge in [0.2, 0.25) is 0 Å². The number of aryl methyl sites for hydroxylation is 2. The van der Waals surface area contributed by atoms with Gasteiger partial charge in [-0.3, -0.25) is 0 Å². The maximum atomic E-state index is 11.0. The molecule has 1 aliphatic rings. The lowest BCUT2D eigenvalue weighted by Crippen LogP contribution is -2.11. The summed E-state index contributed by atoms with van der Waals surface area (Å²) in [6, 6.07) is 16.2. The highest BCUT2D eigenvalue weighted by molar-refractivity contribution is 5.75. The molecule has 1 saturated carbocycles. The van der Waals surface area contributed by atoms with Crippen LogP contribution in [0.25, 0.3) is 11.3 Å². The summed E-state index contributed by atoms with van der Waals surface area (Å²) in [7, 11) is 0. The molecule has 0 saturated heterocycles. The van der Waals surface area contributed by atoms with Crippen LogP contribution in [0.3, 0.4) is 0 Å². The normalized spacial score (nSPS) is 14.8. The second-order valence-corrected chi connectivity index (χ2v) is 7.82. The zero-order valence-corrected chi connectivity index (χ0v) is 16.6. The highest BCUT2D eigenvalue weighted by Gasteiger charge is 2.23. The molecule has 0 atom stereocenters. The molecular formula is C24H27N3O. The van der Waals surface area contributed by atoms with Crippen molar-refractivity contribution in [2.24, 2.45) is 0 Å². The van der Waals surface area contributed by atoms with Crippen LogP contribution >= 0.6 is 0 Å². The summed E-state index contributed by atoms with van der Waals surface area (Å²) in [5.41, 5.74) is 4.80. The number of rotatable bonds is 4. The van der Waals surface area contributed by atoms with E-state index in [1.165, 1.54) is 30.4 Å². The first-order chi connectivity index (χ1) is 13.6. The summed E-state index contributed by atoms with van der Waals surface area (Å²) in [5, 5.41) is 14.3. The van der Waals surface area contributed by atoms with Gasteiger partial charge >= 0.3 is 0 Å². The van der Waals surface area contributed by atoms with Crippen molar-refractivity contribution in [2.75, 3.05) is 5.32 Å². The standard InChI is InChI=1S/C24H27N3O/c1-16-8-12-18(13-9-16)21-22(28)24(25-20-14-10-17(2)11-15-20)27-23(26-21)19-6-4-3-5-7-19/h8-15,19,28H,3-7H2,1-2H3,(H,25,26,27). The quantitative estimate of drug-likeness (QED) is 0.567. The fraction of sp³-hybridized carbons (Fsp3) is 0.333. The van der Waals surface area contributed by atoms with Crippen LogP contribution in [-0.2, 0) is 0 Å². The van der Waals surface area contributed by atoms with Crippen LogP contribution in [0.2, 0.25) is 0 Å². The van der Waals surface area contributed by atoms with Gasteiger partial charge in [0.25, 0.3) is 0 Å². The second-order valence-electron chi connectivity index (χ2n) is 7.82. The number of benzene rings is 2. The van der Waals surface area contributed by atoms with Gasteiger partial charge in [-0.1, -0.05) is 66.8 Å². The number of hydrogen-bond donors (Lipinski definition) is 2. The number of hydrogen-bond acceptors (Lipinski definition) is 4. The average molecular weight is 374 g/mol. The van der Waals surface area contributed by atoms with Gasteiger partial charge in [-0.25, -0.2) is 9.97 Å². The smallest absolute Gasteiger partial charge is 0.185 e. The second kappa shape index (κ2) is 8.01. The van der Waals surface area contributed by atoms with E-state index in [0.717, 1.165) is 29.9 Å². The number of nitrogens with zero attached hydrogens (tertiary/aromatic N) is 2. The van der Waals surface area contributed by atoms with Crippen molar-refractivity contribution < 1.29 is 5.11 Å². The lowest BCUT2D eigenvalue weighted by molar-refractivity contribution is 0.425. The summed E-state index contributed by atoms with van der Waals surface area (Å²) in [6.45, 7) is 4.12. The summed E-state index contributed by atoms with van der Waals surface area (Å²) in [4.78, 5) is 9.56. The minimum absolute atomic E-state index is 0.101. The predicted octanol–water partition coefficient (Wildman–Crippen LogP) is 6.26. The molecule has 0 spiro atoms. The van der Waals surface area contributed by atoms with Crippen molar-refractivity contribution >= 4 is 11.5 Å². The molecule has 0 bridgehead atoms. The van der Waals surface area contributed by atoms with E-state index < -0.39 is 0 Å². The molecule has 4 nitrogen and oxygen atoms in total. The molecule has 2 aromatic carbocycles. The maximum Gasteiger partial charge on any atom is 0.185 e. The molecule has 1 aromatic heterocycles. The Morgan fingerprint density at radius 2 is 1.43 bits per heavy atom. The van der Waals surface area contributed by atoms with Crippen molar-refractivity contribution in [1.82, 2.24) is 9.97 Å². The van der Waals surface area contributed by atoms with Crippen LogP contribution in [0.15, 0.2) is 48.5 Å². The molecule has 1 heterocycles. The minimum atomic E-state index is 0.101. The van der Waals surface area contributed by atoms with E-state index in [4.69, 9.17) is 9.97 Å². The van der Waals surface area contributed by atoms with Crippen LogP contribution in [0, 0.1) is 13.8 Å². The Bertz CT molecular complexity index is 943. The van der Waals surface area contributed by atoms with Gasteiger partial charge in [-0.05, 0) is 38.8 Å². The predicted molar refractivity (Wildman–Crippen MR) is 114 cm³/mol. The fourth-order valence-electron chi connectivity index (χ4n) is 3.79. The van der Waals surface area contributed by atoms with Crippen LogP contribution in [0.1, 0.15) is 55.0 Å². The number of anilines is 2. The Balaban J connectivity index is 1.77. The van der Waals surface area contributed by atoms with Crippen LogP contribution in [-0.4, -0.2) is 15.1 Å². The van der Waals surface area contributed by atoms with E-state index in [9.17, 15) is 5.11 Å². The van der Waals surface area contributed by atoms with Crippen LogP contribution in [0.4, 0.5) is 11.5 Å². The third-order valence-corrected chi connectivity index (χ3v) is 5.51. The Morgan fingerprint density at radius 3 is 2.07 bits per heavy atom. The fourth-order valence-corrected chi connectivity index (χ4v) is 3.79. The molecule has 0 amide bonds. The third-order valence-electron chi connectivity index (χ3n) is 5.51. The molecule has 28 heavy (non-hydrogen) atoms. The summed E-state index contributed by atoms with van der Waals surface area (Å²) in [6.07, 6.45) is 5.95. The molecule has 1 fully saturated rings. The van der Waals surface area contributed by atoms with Crippen molar-refractivity contribution in [2.45, 2.75) is 51.9 Å². The van der Waals surface area contributed by atoms with Gasteiger partial charge in [0, 0.05) is 17.2 Å². The van der Waals surface area contributed by atoms with Gasteiger partial charge in [0.1, 0.15) is 11.5 Å². The van der Waals surface area contributed by atoms with Gasteiger partial charge in [0.05, 0.1) is 0 Å². The van der Waals surface area contributed by atoms with Crippen LogP contribution in [0.5, 0.6) is 5.75 Å². The molecule has 0 radical (unpaired) electrons. The zero-order valence-electron chi connectivity index (χ0n) is 16.6. The average Bonchev–Trinajstić information content (AvgIpc) is 2.72. The van der Waals surface area contributed by atoms with Crippen LogP contribution < -0.4 is 5.32 Å². The van der Waals surface area contributed by atoms with E-state index >= 15 is 0 Å². The van der Waals surface area contributed by atoms with E-state index in [-0.39, 0.29) is 5.75 Å². The molecule has 0 aliphatic heterocycles. The van der Waals surface area contributed by atoms with Crippen molar-refractivity contribution in [3.05, 3.63) is 65.5 Å². The summed E-state index contributed by atoms with van der Waals surface area (Å²) in [5.74, 6) is 1.78. The first kappa shape index (κ1) is 18.5. The Kier molecular flexibility index (Phi) is 5.29. The molecule has 144 valence electrons. The van der Waals surface area contributed by atoms with E-state index in [0.29, 0.717) is 17.4 Å². The molecule has 4 heteroatoms. The monoisotopic (exact) mass is 373 g/mol. The Morgan fingerprint density at radius 1 is 0.821 bits per heavy atom. The minimum Gasteiger partial charge on any atom is -0.503 e. The SMILES string of the molecule is Cc1ccc(Nc2nc(C3CCCCC3)nc(-c3ccc(C)cc3)c2O)cc1. The van der Waals surface area contributed by atoms with Gasteiger partial charge in [-0.2, -0.15) is 0 Å². The van der Waals surface area contributed by atoms with Crippen molar-refractivity contribution in [1.29, 1.82) is 0 Å². The largest absolute Gasteiger partial charge is 0.503 e. The van der Waals surface area contributed by atoms with E-state index in [1.807, 2.05) is 48.5 Å². The molecular weight excluding hydrogens is 346 g/mol. The topological polar surface area (TPSA) is 58.0 Å². The summed E-state index contributed by atoms with van der Waals surface area (Å²) < 4.78 is 0. The molecule has 0 unspecified atom stereocenters. The molecule has 3 aromatic rings. The number of nitrogens with one attached hydrogen (secondary N) is 1. The summed E-state index contributed by atoms with van der Waals surface area (Å²) >= 11 is 0. The first-order valence-electron chi connectivity index (χ1n) is 10.1. The van der Waals surface area contributed by atoms with E-state index in [1.54, 1.807) is 0 Å². The molecule has 4 rings (SSSR count).